The molecule has 0 bridgehead atoms. The van der Waals surface area contributed by atoms with Crippen LogP contribution in [0.5, 0.6) is 0 Å². The quantitative estimate of drug-likeness (QED) is 0.747. The Hall–Kier alpha value is -1.39. The number of nitrogens with one attached hydrogen (secondary N) is 2. The summed E-state index contributed by atoms with van der Waals surface area (Å²) in [6.07, 6.45) is 1.12. The molecule has 11 heteroatoms. The van der Waals surface area contributed by atoms with Crippen LogP contribution in [0.25, 0.3) is 0 Å². The molecule has 2 amide bonds. The smallest absolute Gasteiger partial charge is 0.321 e. The number of carbonyl (C=O) groups is 1. The van der Waals surface area contributed by atoms with Crippen molar-refractivity contribution in [3.8, 4) is 0 Å². The van der Waals surface area contributed by atoms with Crippen LogP contribution in [0.4, 0.5) is 9.93 Å². The molecule has 25 heavy (non-hydrogen) atoms. The zero-order valence-corrected chi connectivity index (χ0v) is 16.6. The molecule has 1 aromatic carbocycles. The monoisotopic (exact) mass is 422 g/mol. The first-order valence-corrected chi connectivity index (χ1v) is 10.5. The summed E-state index contributed by atoms with van der Waals surface area (Å²) in [5.74, 6) is 0. The van der Waals surface area contributed by atoms with Crippen molar-refractivity contribution in [1.82, 2.24) is 14.6 Å². The van der Waals surface area contributed by atoms with Crippen LogP contribution in [-0.4, -0.2) is 37.0 Å². The molecule has 0 spiro atoms. The molecule has 136 valence electrons. The molecule has 0 fully saturated rings. The number of anilines is 1. The first-order chi connectivity index (χ1) is 11.6. The van der Waals surface area contributed by atoms with E-state index in [0.717, 1.165) is 11.8 Å². The Balaban J connectivity index is 1.87. The Morgan fingerprint density at radius 1 is 1.32 bits per heavy atom. The Kier molecular flexibility index (Phi) is 6.64. The number of aromatic nitrogens is 1. The summed E-state index contributed by atoms with van der Waals surface area (Å²) in [6.45, 7) is 0.416. The third kappa shape index (κ3) is 6.12. The van der Waals surface area contributed by atoms with Gasteiger partial charge in [-0.05, 0) is 17.7 Å². The molecule has 0 saturated carbocycles. The number of nitrogens with zero attached hydrogens (tertiary/aromatic N) is 2. The van der Waals surface area contributed by atoms with E-state index in [1.807, 2.05) is 0 Å². The number of carbonyl (C=O) groups excluding carboxylic acids is 1. The first kappa shape index (κ1) is 19.9. The lowest BCUT2D eigenvalue weighted by molar-refractivity contribution is 0.251. The third-order valence-electron chi connectivity index (χ3n) is 3.16. The van der Waals surface area contributed by atoms with Gasteiger partial charge in [-0.25, -0.2) is 18.2 Å². The molecule has 0 atom stereocenters. The largest absolute Gasteiger partial charge is 0.334 e. The molecule has 0 aliphatic carbocycles. The van der Waals surface area contributed by atoms with Crippen LogP contribution < -0.4 is 10.6 Å². The topological polar surface area (TPSA) is 91.4 Å². The van der Waals surface area contributed by atoms with Gasteiger partial charge in [-0.3, -0.25) is 5.32 Å². The average Bonchev–Trinajstić information content (AvgIpc) is 2.94. The number of hydrogen-bond acceptors (Lipinski definition) is 5. The van der Waals surface area contributed by atoms with Gasteiger partial charge in [0.25, 0.3) is 0 Å². The Labute approximate surface area is 160 Å². The van der Waals surface area contributed by atoms with Crippen molar-refractivity contribution in [3.63, 3.8) is 0 Å². The lowest BCUT2D eigenvalue weighted by Gasteiger charge is -2.11. The molecular formula is C14H16Cl2N4O3S2. The van der Waals surface area contributed by atoms with E-state index >= 15 is 0 Å². The highest BCUT2D eigenvalue weighted by Crippen LogP contribution is 2.22. The number of benzene rings is 1. The van der Waals surface area contributed by atoms with Crippen LogP contribution >= 0.6 is 34.5 Å². The van der Waals surface area contributed by atoms with Crippen molar-refractivity contribution >= 4 is 55.7 Å². The minimum absolute atomic E-state index is 0.141. The molecule has 0 aliphatic heterocycles. The zero-order valence-electron chi connectivity index (χ0n) is 13.4. The first-order valence-electron chi connectivity index (χ1n) is 6.99. The number of thiazole rings is 1. The van der Waals surface area contributed by atoms with Gasteiger partial charge >= 0.3 is 6.03 Å². The molecule has 2 N–H and O–H groups in total. The molecule has 0 unspecified atom stereocenters. The van der Waals surface area contributed by atoms with E-state index < -0.39 is 16.1 Å². The number of halogens is 2. The fraction of sp³-hybridized carbons (Fsp3) is 0.286. The SMILES string of the molecule is CN(Cc1csc(NC(=O)NCc2ccc(Cl)c(Cl)c2)n1)S(C)(=O)=O. The molecule has 0 aliphatic rings. The molecular weight excluding hydrogens is 407 g/mol. The summed E-state index contributed by atoms with van der Waals surface area (Å²) in [5.41, 5.74) is 1.36. The fourth-order valence-electron chi connectivity index (χ4n) is 1.76. The molecule has 2 rings (SSSR count). The highest BCUT2D eigenvalue weighted by atomic mass is 35.5. The lowest BCUT2D eigenvalue weighted by Crippen LogP contribution is -2.28. The van der Waals surface area contributed by atoms with Gasteiger partial charge in [-0.1, -0.05) is 29.3 Å². The number of hydrogen-bond donors (Lipinski definition) is 2. The second-order valence-corrected chi connectivity index (χ2v) is 8.98. The van der Waals surface area contributed by atoms with E-state index in [-0.39, 0.29) is 13.1 Å². The zero-order chi connectivity index (χ0) is 18.6. The van der Waals surface area contributed by atoms with Gasteiger partial charge in [0.05, 0.1) is 28.5 Å². The Morgan fingerprint density at radius 3 is 2.68 bits per heavy atom. The maximum atomic E-state index is 11.9. The minimum Gasteiger partial charge on any atom is -0.334 e. The van der Waals surface area contributed by atoms with Crippen molar-refractivity contribution in [2.75, 3.05) is 18.6 Å². The Morgan fingerprint density at radius 2 is 2.04 bits per heavy atom. The van der Waals surface area contributed by atoms with Crippen LogP contribution in [0.1, 0.15) is 11.3 Å². The number of sulfonamides is 1. The summed E-state index contributed by atoms with van der Waals surface area (Å²) >= 11 is 13.0. The summed E-state index contributed by atoms with van der Waals surface area (Å²) < 4.78 is 24.0. The third-order valence-corrected chi connectivity index (χ3v) is 5.97. The molecule has 1 aromatic heterocycles. The van der Waals surface area contributed by atoms with Crippen molar-refractivity contribution in [2.45, 2.75) is 13.1 Å². The summed E-state index contributed by atoms with van der Waals surface area (Å²) in [4.78, 5) is 16.1. The summed E-state index contributed by atoms with van der Waals surface area (Å²) in [6, 6.07) is 4.66. The van der Waals surface area contributed by atoms with Crippen molar-refractivity contribution in [3.05, 3.63) is 44.9 Å². The van der Waals surface area contributed by atoms with Crippen LogP contribution in [0.2, 0.25) is 10.0 Å². The average molecular weight is 423 g/mol. The van der Waals surface area contributed by atoms with E-state index in [2.05, 4.69) is 15.6 Å². The van der Waals surface area contributed by atoms with Gasteiger partial charge < -0.3 is 5.32 Å². The van der Waals surface area contributed by atoms with E-state index in [4.69, 9.17) is 23.2 Å². The van der Waals surface area contributed by atoms with Gasteiger partial charge in [0.2, 0.25) is 10.0 Å². The van der Waals surface area contributed by atoms with Crippen molar-refractivity contribution < 1.29 is 13.2 Å². The molecule has 1 heterocycles. The second-order valence-electron chi connectivity index (χ2n) is 5.22. The van der Waals surface area contributed by atoms with Crippen LogP contribution in [0, 0.1) is 0 Å². The van der Waals surface area contributed by atoms with Gasteiger partial charge in [-0.15, -0.1) is 11.3 Å². The van der Waals surface area contributed by atoms with Gasteiger partial charge in [0, 0.05) is 19.0 Å². The summed E-state index contributed by atoms with van der Waals surface area (Å²) in [7, 11) is -1.82. The van der Waals surface area contributed by atoms with Crippen LogP contribution in [0.3, 0.4) is 0 Å². The maximum absolute atomic E-state index is 11.9. The predicted octanol–water partition coefficient (Wildman–Crippen LogP) is 3.16. The molecule has 7 nitrogen and oxygen atoms in total. The van der Waals surface area contributed by atoms with E-state index in [1.165, 1.54) is 22.7 Å². The van der Waals surface area contributed by atoms with Gasteiger partial charge in [0.15, 0.2) is 5.13 Å². The van der Waals surface area contributed by atoms with Crippen LogP contribution in [-0.2, 0) is 23.1 Å². The van der Waals surface area contributed by atoms with E-state index in [1.54, 1.807) is 23.6 Å². The molecule has 2 aromatic rings. The van der Waals surface area contributed by atoms with Gasteiger partial charge in [0.1, 0.15) is 0 Å². The lowest BCUT2D eigenvalue weighted by atomic mass is 10.2. The second kappa shape index (κ2) is 8.33. The summed E-state index contributed by atoms with van der Waals surface area (Å²) in [5, 5.41) is 8.21. The van der Waals surface area contributed by atoms with E-state index in [0.29, 0.717) is 20.9 Å². The fourth-order valence-corrected chi connectivity index (χ4v) is 3.14. The van der Waals surface area contributed by atoms with Crippen LogP contribution in [0.15, 0.2) is 23.6 Å². The number of amides is 2. The van der Waals surface area contributed by atoms with Gasteiger partial charge in [-0.2, -0.15) is 4.31 Å². The Bertz CT molecular complexity index is 871. The van der Waals surface area contributed by atoms with E-state index in [9.17, 15) is 13.2 Å². The standard InChI is InChI=1S/C14H16Cl2N4O3S2/c1-20(25(2,22)23)7-10-8-24-14(18-10)19-13(21)17-6-9-3-4-11(15)12(16)5-9/h3-5,8H,6-7H2,1-2H3,(H2,17,18,19,21). The maximum Gasteiger partial charge on any atom is 0.321 e. The number of urea groups is 1. The van der Waals surface area contributed by atoms with Crippen molar-refractivity contribution in [1.29, 1.82) is 0 Å². The molecule has 0 saturated heterocycles. The van der Waals surface area contributed by atoms with Crippen molar-refractivity contribution in [2.24, 2.45) is 0 Å². The predicted molar refractivity (Wildman–Crippen MR) is 101 cm³/mol. The minimum atomic E-state index is -3.28. The highest BCUT2D eigenvalue weighted by Gasteiger charge is 2.14. The highest BCUT2D eigenvalue weighted by molar-refractivity contribution is 7.88. The number of rotatable bonds is 6. The normalized spacial score (nSPS) is 11.6. The molecule has 0 radical (unpaired) electrons.